The van der Waals surface area contributed by atoms with Crippen molar-refractivity contribution in [2.24, 2.45) is 0 Å². The molecule has 0 bridgehead atoms. The van der Waals surface area contributed by atoms with E-state index in [-0.39, 0.29) is 20.5 Å². The molecule has 6 aromatic rings. The van der Waals surface area contributed by atoms with Crippen molar-refractivity contribution < 1.29 is 9.18 Å². The number of amides is 1. The monoisotopic (exact) mass is 598 g/mol. The summed E-state index contributed by atoms with van der Waals surface area (Å²) in [6.45, 7) is 1.88. The molecule has 1 amide bonds. The lowest BCUT2D eigenvalue weighted by Gasteiger charge is -2.07. The van der Waals surface area contributed by atoms with Crippen molar-refractivity contribution >= 4 is 34.6 Å². The summed E-state index contributed by atoms with van der Waals surface area (Å²) in [4.78, 5) is 31.7. The molecule has 0 atom stereocenters. The molecule has 0 aliphatic rings. The van der Waals surface area contributed by atoms with Crippen LogP contribution in [0.1, 0.15) is 11.1 Å². The van der Waals surface area contributed by atoms with Gasteiger partial charge in [-0.1, -0.05) is 42.5 Å². The SMILES string of the molecule is Cc1cccc(-n2c(=O)/c(=C\c3cn(-c4ccccc4)nc3-c3cccnc3)s/c2=C(/C#N)C(=O)Nc2ccccc2F)c1. The van der Waals surface area contributed by atoms with Gasteiger partial charge in [0, 0.05) is 29.7 Å². The van der Waals surface area contributed by atoms with E-state index in [1.807, 2.05) is 61.7 Å². The maximum Gasteiger partial charge on any atom is 0.273 e. The van der Waals surface area contributed by atoms with E-state index < -0.39 is 17.3 Å². The van der Waals surface area contributed by atoms with Gasteiger partial charge in [-0.25, -0.2) is 9.07 Å². The van der Waals surface area contributed by atoms with Gasteiger partial charge in [0.1, 0.15) is 22.2 Å². The Morgan fingerprint density at radius 2 is 1.77 bits per heavy atom. The third-order valence-corrected chi connectivity index (χ3v) is 7.84. The summed E-state index contributed by atoms with van der Waals surface area (Å²) in [5.41, 5.74) is 3.35. The van der Waals surface area contributed by atoms with Crippen LogP contribution in [0.2, 0.25) is 0 Å². The van der Waals surface area contributed by atoms with E-state index in [1.54, 1.807) is 53.5 Å². The molecule has 0 aliphatic carbocycles. The number of aromatic nitrogens is 4. The summed E-state index contributed by atoms with van der Waals surface area (Å²) >= 11 is 0.995. The second-order valence-corrected chi connectivity index (χ2v) is 10.8. The number of nitrogens with one attached hydrogen (secondary N) is 1. The zero-order valence-electron chi connectivity index (χ0n) is 23.3. The summed E-state index contributed by atoms with van der Waals surface area (Å²) < 4.78 is 17.8. The van der Waals surface area contributed by atoms with Crippen molar-refractivity contribution in [2.45, 2.75) is 6.92 Å². The molecule has 1 N–H and O–H groups in total. The molecule has 3 aromatic heterocycles. The molecule has 0 unspecified atom stereocenters. The number of nitriles is 1. The highest BCUT2D eigenvalue weighted by molar-refractivity contribution is 7.07. The second kappa shape index (κ2) is 12.1. The number of hydrogen-bond donors (Lipinski definition) is 1. The average Bonchev–Trinajstić information content (AvgIpc) is 3.60. The van der Waals surface area contributed by atoms with Gasteiger partial charge < -0.3 is 5.32 Å². The first-order chi connectivity index (χ1) is 21.4. The Kier molecular flexibility index (Phi) is 7.78. The average molecular weight is 599 g/mol. The first-order valence-electron chi connectivity index (χ1n) is 13.5. The molecule has 44 heavy (non-hydrogen) atoms. The highest BCUT2D eigenvalue weighted by Gasteiger charge is 2.19. The quantitative estimate of drug-likeness (QED) is 0.298. The molecule has 0 saturated carbocycles. The molecular formula is C34H23FN6O2S. The van der Waals surface area contributed by atoms with Crippen LogP contribution in [0, 0.1) is 24.1 Å². The van der Waals surface area contributed by atoms with Gasteiger partial charge in [-0.15, -0.1) is 11.3 Å². The summed E-state index contributed by atoms with van der Waals surface area (Å²) in [7, 11) is 0. The van der Waals surface area contributed by atoms with Crippen molar-refractivity contribution in [3.8, 4) is 28.7 Å². The summed E-state index contributed by atoms with van der Waals surface area (Å²) in [6, 6.07) is 28.0. The number of pyridine rings is 1. The van der Waals surface area contributed by atoms with Crippen LogP contribution in [0.3, 0.4) is 0 Å². The van der Waals surface area contributed by atoms with Gasteiger partial charge in [-0.3, -0.25) is 19.1 Å². The van der Waals surface area contributed by atoms with Crippen LogP contribution in [0.25, 0.3) is 34.3 Å². The zero-order valence-corrected chi connectivity index (χ0v) is 24.1. The molecule has 3 heterocycles. The molecule has 0 aliphatic heterocycles. The van der Waals surface area contributed by atoms with Crippen LogP contribution >= 0.6 is 11.3 Å². The first kappa shape index (κ1) is 28.2. The topological polar surface area (TPSA) is 106 Å². The molecule has 214 valence electrons. The zero-order chi connectivity index (χ0) is 30.6. The van der Waals surface area contributed by atoms with Crippen molar-refractivity contribution in [2.75, 3.05) is 5.32 Å². The summed E-state index contributed by atoms with van der Waals surface area (Å²) in [6.07, 6.45) is 6.86. The van der Waals surface area contributed by atoms with Gasteiger partial charge in [0.2, 0.25) is 0 Å². The lowest BCUT2D eigenvalue weighted by molar-refractivity contribution is -0.111. The van der Waals surface area contributed by atoms with Gasteiger partial charge in [0.15, 0.2) is 5.57 Å². The van der Waals surface area contributed by atoms with Gasteiger partial charge in [-0.05, 0) is 67.1 Å². The molecule has 6 rings (SSSR count). The van der Waals surface area contributed by atoms with Crippen LogP contribution in [-0.2, 0) is 4.79 Å². The molecular weight excluding hydrogens is 575 g/mol. The van der Waals surface area contributed by atoms with E-state index in [0.29, 0.717) is 16.9 Å². The fourth-order valence-electron chi connectivity index (χ4n) is 4.67. The molecule has 0 fully saturated rings. The number of anilines is 1. The van der Waals surface area contributed by atoms with Crippen LogP contribution in [-0.4, -0.2) is 25.2 Å². The van der Waals surface area contributed by atoms with E-state index in [0.717, 1.165) is 28.2 Å². The lowest BCUT2D eigenvalue weighted by atomic mass is 10.1. The van der Waals surface area contributed by atoms with E-state index >= 15 is 0 Å². The predicted octanol–water partition coefficient (Wildman–Crippen LogP) is 4.74. The fraction of sp³-hybridized carbons (Fsp3) is 0.0294. The molecule has 3 aromatic carbocycles. The molecule has 0 spiro atoms. The third kappa shape index (κ3) is 5.60. The third-order valence-electron chi connectivity index (χ3n) is 6.74. The Labute approximate surface area is 254 Å². The smallest absolute Gasteiger partial charge is 0.273 e. The van der Waals surface area contributed by atoms with Gasteiger partial charge in [0.25, 0.3) is 11.5 Å². The van der Waals surface area contributed by atoms with E-state index in [1.165, 1.54) is 22.8 Å². The second-order valence-electron chi connectivity index (χ2n) is 9.77. The van der Waals surface area contributed by atoms with E-state index in [4.69, 9.17) is 5.10 Å². The van der Waals surface area contributed by atoms with Crippen LogP contribution in [0.5, 0.6) is 0 Å². The Bertz CT molecular complexity index is 2230. The van der Waals surface area contributed by atoms with Crippen LogP contribution in [0.15, 0.2) is 114 Å². The van der Waals surface area contributed by atoms with Crippen LogP contribution in [0.4, 0.5) is 10.1 Å². The minimum atomic E-state index is -0.834. The summed E-state index contributed by atoms with van der Waals surface area (Å²) in [5.74, 6) is -1.48. The molecule has 0 saturated heterocycles. The van der Waals surface area contributed by atoms with E-state index in [2.05, 4.69) is 10.3 Å². The van der Waals surface area contributed by atoms with Gasteiger partial charge in [-0.2, -0.15) is 10.4 Å². The fourth-order valence-corrected chi connectivity index (χ4v) is 5.76. The van der Waals surface area contributed by atoms with Gasteiger partial charge >= 0.3 is 0 Å². The number of thiazole rings is 1. The number of nitrogens with zero attached hydrogens (tertiary/aromatic N) is 5. The largest absolute Gasteiger partial charge is 0.319 e. The van der Waals surface area contributed by atoms with Crippen molar-refractivity contribution in [1.29, 1.82) is 5.26 Å². The molecule has 0 radical (unpaired) electrons. The number of para-hydroxylation sites is 2. The Morgan fingerprint density at radius 3 is 2.50 bits per heavy atom. The maximum atomic E-state index is 14.3. The molecule has 10 heteroatoms. The summed E-state index contributed by atoms with van der Waals surface area (Å²) in [5, 5.41) is 17.4. The number of carbonyl (C=O) groups is 1. The first-order valence-corrected chi connectivity index (χ1v) is 14.3. The molecule has 8 nitrogen and oxygen atoms in total. The van der Waals surface area contributed by atoms with E-state index in [9.17, 15) is 19.2 Å². The number of aryl methyl sites for hydroxylation is 1. The highest BCUT2D eigenvalue weighted by Crippen LogP contribution is 2.24. The lowest BCUT2D eigenvalue weighted by Crippen LogP contribution is -2.32. The number of benzene rings is 3. The van der Waals surface area contributed by atoms with Crippen molar-refractivity contribution in [3.63, 3.8) is 0 Å². The van der Waals surface area contributed by atoms with Crippen LogP contribution < -0.4 is 20.1 Å². The highest BCUT2D eigenvalue weighted by atomic mass is 32.1. The van der Waals surface area contributed by atoms with Crippen molar-refractivity contribution in [1.82, 2.24) is 19.3 Å². The normalized spacial score (nSPS) is 12.1. The van der Waals surface area contributed by atoms with Gasteiger partial charge in [0.05, 0.1) is 21.6 Å². The number of rotatable bonds is 6. The number of hydrogen-bond acceptors (Lipinski definition) is 6. The number of carbonyl (C=O) groups excluding carboxylic acids is 1. The predicted molar refractivity (Wildman–Crippen MR) is 168 cm³/mol. The van der Waals surface area contributed by atoms with Crippen molar-refractivity contribution in [3.05, 3.63) is 146 Å². The Hall–Kier alpha value is -5.92. The minimum Gasteiger partial charge on any atom is -0.319 e. The number of halogens is 1. The minimum absolute atomic E-state index is 0.0764. The standard InChI is InChI=1S/C34H23FN6O2S/c1-22-9-7-13-26(17-22)41-33(43)30(44-34(41)27(19-36)32(42)38-29-15-6-5-14-28(29)35)18-24-21-40(25-11-3-2-4-12-25)39-31(24)23-10-8-16-37-20-23/h2-18,20-21H,1H3,(H,38,42)/b30-18+,34-27-. The Balaban J connectivity index is 1.60. The Morgan fingerprint density at radius 1 is 1.00 bits per heavy atom. The maximum absolute atomic E-state index is 14.3.